The maximum absolute atomic E-state index is 13.9. The molecule has 14 atom stereocenters. The molecule has 0 rings (SSSR count). The molecule has 328 valence electrons. The first-order chi connectivity index (χ1) is 25.9. The van der Waals surface area contributed by atoms with Crippen molar-refractivity contribution in [2.45, 2.75) is 92.1 Å². The van der Waals surface area contributed by atoms with Crippen molar-refractivity contribution in [1.82, 2.24) is 0 Å². The van der Waals surface area contributed by atoms with Crippen molar-refractivity contribution < 1.29 is 122 Å². The Morgan fingerprint density at radius 1 is 0.714 bits per heavy atom. The highest BCUT2D eigenvalue weighted by molar-refractivity contribution is 7.48. The fourth-order valence-electron chi connectivity index (χ4n) is 3.90. The summed E-state index contributed by atoms with van der Waals surface area (Å²) < 4.78 is 54.4. The number of amides is 1. The van der Waals surface area contributed by atoms with Crippen LogP contribution in [0.2, 0.25) is 0 Å². The van der Waals surface area contributed by atoms with Crippen molar-refractivity contribution in [2.24, 2.45) is 17.2 Å². The molecule has 30 heteroatoms. The number of aliphatic hydroxyl groups is 10. The van der Waals surface area contributed by atoms with Gasteiger partial charge in [-0.2, -0.15) is 0 Å². The number of aldehydes is 2. The minimum absolute atomic E-state index is 0.135. The number of esters is 1. The van der Waals surface area contributed by atoms with E-state index in [-0.39, 0.29) is 12.6 Å². The molecule has 0 bridgehead atoms. The maximum atomic E-state index is 13.9. The van der Waals surface area contributed by atoms with Crippen LogP contribution in [0.25, 0.3) is 0 Å². The molecule has 0 saturated heterocycles. The maximum Gasteiger partial charge on any atom is 0.475 e. The lowest BCUT2D eigenvalue weighted by Gasteiger charge is -2.32. The van der Waals surface area contributed by atoms with E-state index in [4.69, 9.17) is 50.0 Å². The van der Waals surface area contributed by atoms with E-state index < -0.39 is 165 Å². The number of ether oxygens (including phenoxy) is 2. The zero-order valence-electron chi connectivity index (χ0n) is 29.1. The third kappa shape index (κ3) is 19.4. The van der Waals surface area contributed by atoms with Crippen molar-refractivity contribution in [3.63, 3.8) is 0 Å². The SMILES string of the molecule is NC(=O)CC[C@H](N)C(=O)O[C@H](C(=O)COP(=O)(OC[C@@H](O)[C@@H](O)[C@H](O)[C@@H](O)C=O)O[C@@H]([C@H](O)[C@H](O)CO)[C@@H](N)C=O)[C@H](OCC(O)CO)[C@H](O)COP(=O)(O)O. The number of hydrogen-bond donors (Lipinski definition) is 15. The summed E-state index contributed by atoms with van der Waals surface area (Å²) in [6.07, 6.45) is -27.0. The predicted octanol–water partition coefficient (Wildman–Crippen LogP) is -9.32. The molecule has 0 radical (unpaired) electrons. The van der Waals surface area contributed by atoms with Gasteiger partial charge in [0.2, 0.25) is 11.7 Å². The van der Waals surface area contributed by atoms with Crippen molar-refractivity contribution >= 4 is 45.9 Å². The lowest BCUT2D eigenvalue weighted by Crippen LogP contribution is -2.52. The normalized spacial score (nSPS) is 20.3. The Hall–Kier alpha value is -2.35. The molecular weight excluding hydrogens is 816 g/mol. The molecular formula is C26H49N3O25P2. The van der Waals surface area contributed by atoms with Crippen LogP contribution in [0.15, 0.2) is 0 Å². The van der Waals surface area contributed by atoms with Gasteiger partial charge in [0.1, 0.15) is 80.0 Å². The Morgan fingerprint density at radius 2 is 1.30 bits per heavy atom. The topological polar surface area (TPSA) is 496 Å². The number of primary amides is 1. The number of hydrogen-bond acceptors (Lipinski definition) is 25. The van der Waals surface area contributed by atoms with Crippen molar-refractivity contribution in [3.8, 4) is 0 Å². The van der Waals surface area contributed by atoms with E-state index in [1.165, 1.54) is 0 Å². The number of rotatable bonds is 32. The van der Waals surface area contributed by atoms with Crippen LogP contribution < -0.4 is 17.2 Å². The largest absolute Gasteiger partial charge is 0.475 e. The minimum atomic E-state index is -5.71. The second-order valence-corrected chi connectivity index (χ2v) is 14.5. The van der Waals surface area contributed by atoms with Crippen molar-refractivity contribution in [2.75, 3.05) is 39.6 Å². The lowest BCUT2D eigenvalue weighted by molar-refractivity contribution is -0.179. The van der Waals surface area contributed by atoms with Crippen molar-refractivity contribution in [1.29, 1.82) is 0 Å². The van der Waals surface area contributed by atoms with Crippen LogP contribution in [0, 0.1) is 0 Å². The van der Waals surface area contributed by atoms with Gasteiger partial charge < -0.3 is 97.1 Å². The average molecular weight is 866 g/mol. The Balaban J connectivity index is 7.01. The van der Waals surface area contributed by atoms with E-state index in [0.29, 0.717) is 0 Å². The van der Waals surface area contributed by atoms with Gasteiger partial charge in [-0.15, -0.1) is 0 Å². The van der Waals surface area contributed by atoms with Gasteiger partial charge in [0, 0.05) is 6.42 Å². The summed E-state index contributed by atoms with van der Waals surface area (Å²) in [4.78, 5) is 78.2. The summed E-state index contributed by atoms with van der Waals surface area (Å²) in [5.41, 5.74) is 16.3. The summed E-state index contributed by atoms with van der Waals surface area (Å²) in [6, 6.07) is -3.81. The summed E-state index contributed by atoms with van der Waals surface area (Å²) in [6.45, 7) is -7.85. The molecule has 0 aliphatic carbocycles. The second-order valence-electron chi connectivity index (χ2n) is 11.6. The van der Waals surface area contributed by atoms with E-state index in [1.807, 2.05) is 0 Å². The molecule has 0 aromatic carbocycles. The summed E-state index contributed by atoms with van der Waals surface area (Å²) in [5.74, 6) is -4.17. The highest BCUT2D eigenvalue weighted by atomic mass is 31.2. The number of nitrogens with two attached hydrogens (primary N) is 3. The van der Waals surface area contributed by atoms with Gasteiger partial charge in [-0.25, -0.2) is 9.13 Å². The number of Topliss-reactive ketones (excluding diaryl/α,β-unsaturated/α-hetero) is 1. The Kier molecular flexibility index (Phi) is 24.8. The van der Waals surface area contributed by atoms with Gasteiger partial charge in [0.15, 0.2) is 12.4 Å². The Morgan fingerprint density at radius 3 is 1.80 bits per heavy atom. The fourth-order valence-corrected chi connectivity index (χ4v) is 5.63. The van der Waals surface area contributed by atoms with Crippen molar-refractivity contribution in [3.05, 3.63) is 0 Å². The molecule has 0 aliphatic rings. The Labute approximate surface area is 316 Å². The van der Waals surface area contributed by atoms with Gasteiger partial charge in [0.05, 0.1) is 39.1 Å². The first kappa shape index (κ1) is 53.6. The number of carbonyl (C=O) groups excluding carboxylic acids is 5. The quantitative estimate of drug-likeness (QED) is 0.0170. The zero-order chi connectivity index (χ0) is 43.6. The van der Waals surface area contributed by atoms with Crippen LogP contribution in [-0.4, -0.2) is 210 Å². The van der Waals surface area contributed by atoms with Crippen LogP contribution in [0.4, 0.5) is 0 Å². The molecule has 28 nitrogen and oxygen atoms in total. The molecule has 0 aromatic heterocycles. The molecule has 18 N–H and O–H groups in total. The zero-order valence-corrected chi connectivity index (χ0v) is 30.9. The fraction of sp³-hybridized carbons (Fsp3) is 0.808. The molecule has 1 amide bonds. The first-order valence-corrected chi connectivity index (χ1v) is 18.9. The highest BCUT2D eigenvalue weighted by Crippen LogP contribution is 2.51. The average Bonchev–Trinajstić information content (AvgIpc) is 3.16. The molecule has 0 aromatic rings. The van der Waals surface area contributed by atoms with Crippen LogP contribution in [-0.2, 0) is 60.7 Å². The van der Waals surface area contributed by atoms with Gasteiger partial charge >= 0.3 is 21.6 Å². The van der Waals surface area contributed by atoms with E-state index in [1.54, 1.807) is 0 Å². The standard InChI is InChI=1S/C26H49N3O25P2/c27-12(1-2-19(29)40)26(44)53-25(24(49-7-11(34)3-30)17(38)9-50-55(45,46)47)18(39)10-52-56(48,51-8-16(37)21(42)20(41)14(35)5-32)54-23(13(28)4-31)22(43)15(36)6-33/h4-5,11-17,20-25,30,33-38,41-43H,1-3,6-10,27-28H2,(H2,29,40)(H2,45,46,47)/t11?,12-,13-,14-,15+,16+,17+,20+,21+,22+,23+,24+,25+,56?/m0/s1. The predicted molar refractivity (Wildman–Crippen MR) is 176 cm³/mol. The number of ketones is 1. The van der Waals surface area contributed by atoms with Crippen LogP contribution in [0.5, 0.6) is 0 Å². The van der Waals surface area contributed by atoms with Gasteiger partial charge in [-0.1, -0.05) is 0 Å². The van der Waals surface area contributed by atoms with E-state index in [9.17, 15) is 84.2 Å². The molecule has 2 unspecified atom stereocenters. The number of carbonyl (C=O) groups is 5. The molecule has 0 aliphatic heterocycles. The third-order valence-corrected chi connectivity index (χ3v) is 8.95. The van der Waals surface area contributed by atoms with E-state index >= 15 is 0 Å². The highest BCUT2D eigenvalue weighted by Gasteiger charge is 2.44. The number of phosphoric ester groups is 2. The van der Waals surface area contributed by atoms with Gasteiger partial charge in [-0.3, -0.25) is 32.5 Å². The minimum Gasteiger partial charge on any atom is -0.450 e. The van der Waals surface area contributed by atoms with Gasteiger partial charge in [0.25, 0.3) is 0 Å². The number of aliphatic hydroxyl groups excluding tert-OH is 10. The summed E-state index contributed by atoms with van der Waals surface area (Å²) in [5, 5.41) is 99.0. The van der Waals surface area contributed by atoms with E-state index in [0.717, 1.165) is 0 Å². The summed E-state index contributed by atoms with van der Waals surface area (Å²) in [7, 11) is -11.1. The molecule has 0 spiro atoms. The second kappa shape index (κ2) is 25.9. The third-order valence-electron chi connectivity index (χ3n) is 7.05. The molecule has 56 heavy (non-hydrogen) atoms. The van der Waals surface area contributed by atoms with Crippen LogP contribution in [0.1, 0.15) is 12.8 Å². The Bertz CT molecular complexity index is 1330. The number of phosphoric acid groups is 2. The first-order valence-electron chi connectivity index (χ1n) is 15.9. The smallest absolute Gasteiger partial charge is 0.450 e. The monoisotopic (exact) mass is 865 g/mol. The molecule has 0 heterocycles. The van der Waals surface area contributed by atoms with Crippen LogP contribution in [0.3, 0.4) is 0 Å². The summed E-state index contributed by atoms with van der Waals surface area (Å²) >= 11 is 0. The molecule has 0 fully saturated rings. The lowest BCUT2D eigenvalue weighted by atomic mass is 10.0. The molecule has 0 saturated carbocycles. The van der Waals surface area contributed by atoms with Crippen LogP contribution >= 0.6 is 15.6 Å². The van der Waals surface area contributed by atoms with E-state index in [2.05, 4.69) is 4.52 Å². The van der Waals surface area contributed by atoms with Gasteiger partial charge in [-0.05, 0) is 6.42 Å².